The van der Waals surface area contributed by atoms with Crippen LogP contribution in [0.1, 0.15) is 46.5 Å². The Morgan fingerprint density at radius 1 is 1.29 bits per heavy atom. The van der Waals surface area contributed by atoms with Crippen LogP contribution in [-0.2, 0) is 20.8 Å². The Kier molecular flexibility index (Phi) is 6.59. The van der Waals surface area contributed by atoms with E-state index in [1.807, 2.05) is 31.6 Å². The molecule has 8 heteroatoms. The van der Waals surface area contributed by atoms with E-state index in [-0.39, 0.29) is 17.9 Å². The molecule has 1 aromatic heterocycles. The number of amides is 2. The van der Waals surface area contributed by atoms with Crippen molar-refractivity contribution in [2.45, 2.75) is 58.6 Å². The molecule has 156 valence electrons. The maximum Gasteiger partial charge on any atom is 0.410 e. The molecule has 2 aliphatic rings. The van der Waals surface area contributed by atoms with Gasteiger partial charge in [-0.05, 0) is 52.4 Å². The van der Waals surface area contributed by atoms with Crippen LogP contribution in [0.15, 0.2) is 12.4 Å². The zero-order valence-electron chi connectivity index (χ0n) is 17.1. The second kappa shape index (κ2) is 8.94. The number of hydrogen-bond acceptors (Lipinski definition) is 5. The van der Waals surface area contributed by atoms with Crippen LogP contribution in [0.5, 0.6) is 0 Å². The molecule has 0 unspecified atom stereocenters. The number of ether oxygens (including phenoxy) is 2. The average molecular weight is 393 g/mol. The Morgan fingerprint density at radius 3 is 2.75 bits per heavy atom. The second-order valence-electron chi connectivity index (χ2n) is 8.76. The standard InChI is InChI=1S/C20H32N4O4/c1-20(2,3)28-19(26)23-8-4-5-16(13-23)18(25)22-17-11-21-24(14-17)12-15-6-9-27-10-7-15/h11,14-16H,4-10,12-13H2,1-3H3,(H,22,25)/t16-/m1/s1. The van der Waals surface area contributed by atoms with Crippen LogP contribution >= 0.6 is 0 Å². The van der Waals surface area contributed by atoms with E-state index in [1.165, 1.54) is 0 Å². The van der Waals surface area contributed by atoms with Gasteiger partial charge in [0.25, 0.3) is 0 Å². The predicted octanol–water partition coefficient (Wildman–Crippen LogP) is 2.90. The smallest absolute Gasteiger partial charge is 0.410 e. The lowest BCUT2D eigenvalue weighted by atomic mass is 9.97. The summed E-state index contributed by atoms with van der Waals surface area (Å²) >= 11 is 0. The molecule has 0 aliphatic carbocycles. The summed E-state index contributed by atoms with van der Waals surface area (Å²) in [7, 11) is 0. The van der Waals surface area contributed by atoms with E-state index < -0.39 is 5.60 Å². The van der Waals surface area contributed by atoms with Crippen LogP contribution in [0.2, 0.25) is 0 Å². The van der Waals surface area contributed by atoms with Crippen LogP contribution in [0.25, 0.3) is 0 Å². The highest BCUT2D eigenvalue weighted by Crippen LogP contribution is 2.22. The Morgan fingerprint density at radius 2 is 2.04 bits per heavy atom. The van der Waals surface area contributed by atoms with Gasteiger partial charge in [0.1, 0.15) is 5.60 Å². The third-order valence-corrected chi connectivity index (χ3v) is 5.13. The summed E-state index contributed by atoms with van der Waals surface area (Å²) in [6, 6.07) is 0. The van der Waals surface area contributed by atoms with Gasteiger partial charge in [-0.2, -0.15) is 5.10 Å². The van der Waals surface area contributed by atoms with Gasteiger partial charge in [-0.3, -0.25) is 9.48 Å². The van der Waals surface area contributed by atoms with Crippen LogP contribution in [0.4, 0.5) is 10.5 Å². The molecule has 8 nitrogen and oxygen atoms in total. The van der Waals surface area contributed by atoms with Gasteiger partial charge in [-0.25, -0.2) is 4.79 Å². The fourth-order valence-corrected chi connectivity index (χ4v) is 3.65. The fourth-order valence-electron chi connectivity index (χ4n) is 3.65. The molecule has 2 amide bonds. The molecule has 1 aromatic rings. The zero-order valence-corrected chi connectivity index (χ0v) is 17.1. The first-order valence-corrected chi connectivity index (χ1v) is 10.2. The average Bonchev–Trinajstić information content (AvgIpc) is 3.08. The molecule has 2 saturated heterocycles. The number of nitrogens with one attached hydrogen (secondary N) is 1. The van der Waals surface area contributed by atoms with Crippen molar-refractivity contribution in [3.8, 4) is 0 Å². The number of aromatic nitrogens is 2. The second-order valence-corrected chi connectivity index (χ2v) is 8.76. The number of piperidine rings is 1. The topological polar surface area (TPSA) is 85.7 Å². The van der Waals surface area contributed by atoms with E-state index in [9.17, 15) is 9.59 Å². The third-order valence-electron chi connectivity index (χ3n) is 5.13. The van der Waals surface area contributed by atoms with Gasteiger partial charge < -0.3 is 19.7 Å². The minimum absolute atomic E-state index is 0.0705. The maximum absolute atomic E-state index is 12.7. The molecule has 1 N–H and O–H groups in total. The summed E-state index contributed by atoms with van der Waals surface area (Å²) < 4.78 is 12.7. The number of anilines is 1. The molecule has 3 rings (SSSR count). The summed E-state index contributed by atoms with van der Waals surface area (Å²) in [6.45, 7) is 9.01. The Balaban J connectivity index is 1.50. The third kappa shape index (κ3) is 5.95. The number of nitrogens with zero attached hydrogens (tertiary/aromatic N) is 3. The van der Waals surface area contributed by atoms with Crippen LogP contribution in [0.3, 0.4) is 0 Å². The molecule has 28 heavy (non-hydrogen) atoms. The number of carbonyl (C=O) groups is 2. The highest BCUT2D eigenvalue weighted by molar-refractivity contribution is 5.92. The molecule has 3 heterocycles. The summed E-state index contributed by atoms with van der Waals surface area (Å²) in [6.07, 6.45) is 6.86. The Labute approximate surface area is 166 Å². The number of likely N-dealkylation sites (tertiary alicyclic amines) is 1. The Hall–Kier alpha value is -2.09. The van der Waals surface area contributed by atoms with Crippen molar-refractivity contribution in [2.75, 3.05) is 31.6 Å². The zero-order chi connectivity index (χ0) is 20.1. The minimum atomic E-state index is -0.536. The predicted molar refractivity (Wildman–Crippen MR) is 105 cm³/mol. The first-order valence-electron chi connectivity index (χ1n) is 10.2. The van der Waals surface area contributed by atoms with Crippen LogP contribution < -0.4 is 5.32 Å². The van der Waals surface area contributed by atoms with E-state index in [4.69, 9.17) is 9.47 Å². The largest absolute Gasteiger partial charge is 0.444 e. The fraction of sp³-hybridized carbons (Fsp3) is 0.750. The molecule has 0 saturated carbocycles. The quantitative estimate of drug-likeness (QED) is 0.851. The molecule has 0 radical (unpaired) electrons. The summed E-state index contributed by atoms with van der Waals surface area (Å²) in [5.74, 6) is 0.261. The van der Waals surface area contributed by atoms with E-state index >= 15 is 0 Å². The summed E-state index contributed by atoms with van der Waals surface area (Å²) in [5.41, 5.74) is 0.164. The monoisotopic (exact) mass is 392 g/mol. The maximum atomic E-state index is 12.7. The Bertz CT molecular complexity index is 676. The van der Waals surface area contributed by atoms with Crippen LogP contribution in [-0.4, -0.2) is 58.6 Å². The van der Waals surface area contributed by atoms with E-state index in [2.05, 4.69) is 10.4 Å². The van der Waals surface area contributed by atoms with Crippen molar-refractivity contribution < 1.29 is 19.1 Å². The highest BCUT2D eigenvalue weighted by atomic mass is 16.6. The first kappa shape index (κ1) is 20.6. The van der Waals surface area contributed by atoms with Crippen molar-refractivity contribution in [2.24, 2.45) is 11.8 Å². The molecular formula is C20H32N4O4. The molecule has 2 aliphatic heterocycles. The van der Waals surface area contributed by atoms with Gasteiger partial charge in [0.2, 0.25) is 5.91 Å². The van der Waals surface area contributed by atoms with Gasteiger partial charge in [0.05, 0.1) is 17.8 Å². The van der Waals surface area contributed by atoms with Gasteiger partial charge in [-0.1, -0.05) is 0 Å². The highest BCUT2D eigenvalue weighted by Gasteiger charge is 2.31. The molecular weight excluding hydrogens is 360 g/mol. The molecule has 0 spiro atoms. The lowest BCUT2D eigenvalue weighted by Crippen LogP contribution is -2.45. The lowest BCUT2D eigenvalue weighted by Gasteiger charge is -2.33. The first-order chi connectivity index (χ1) is 13.3. The summed E-state index contributed by atoms with van der Waals surface area (Å²) in [5, 5.41) is 7.32. The molecule has 1 atom stereocenters. The van der Waals surface area contributed by atoms with Crippen molar-refractivity contribution in [1.82, 2.24) is 14.7 Å². The van der Waals surface area contributed by atoms with Crippen molar-refractivity contribution in [1.29, 1.82) is 0 Å². The number of rotatable bonds is 4. The lowest BCUT2D eigenvalue weighted by molar-refractivity contribution is -0.121. The number of hydrogen-bond donors (Lipinski definition) is 1. The van der Waals surface area contributed by atoms with E-state index in [1.54, 1.807) is 11.1 Å². The summed E-state index contributed by atoms with van der Waals surface area (Å²) in [4.78, 5) is 26.6. The van der Waals surface area contributed by atoms with E-state index in [0.29, 0.717) is 24.7 Å². The van der Waals surface area contributed by atoms with Gasteiger partial charge in [-0.15, -0.1) is 0 Å². The van der Waals surface area contributed by atoms with Gasteiger partial charge in [0, 0.05) is 39.0 Å². The number of carbonyl (C=O) groups excluding carboxylic acids is 2. The molecule has 0 aromatic carbocycles. The van der Waals surface area contributed by atoms with Crippen molar-refractivity contribution in [3.05, 3.63) is 12.4 Å². The van der Waals surface area contributed by atoms with Gasteiger partial charge >= 0.3 is 6.09 Å². The van der Waals surface area contributed by atoms with Crippen molar-refractivity contribution in [3.63, 3.8) is 0 Å². The minimum Gasteiger partial charge on any atom is -0.444 e. The molecule has 0 bridgehead atoms. The molecule has 2 fully saturated rings. The van der Waals surface area contributed by atoms with Crippen molar-refractivity contribution >= 4 is 17.7 Å². The van der Waals surface area contributed by atoms with Crippen LogP contribution in [0, 0.1) is 11.8 Å². The SMILES string of the molecule is CC(C)(C)OC(=O)N1CCC[C@@H](C(=O)Nc2cnn(CC3CCOCC3)c2)C1. The van der Waals surface area contributed by atoms with E-state index in [0.717, 1.165) is 45.4 Å². The normalized spacial score (nSPS) is 21.4. The van der Waals surface area contributed by atoms with Gasteiger partial charge in [0.15, 0.2) is 0 Å².